The number of carbonyl (C=O) groups excluding carboxylic acids is 1. The van der Waals surface area contributed by atoms with Crippen LogP contribution in [0.1, 0.15) is 9.67 Å². The van der Waals surface area contributed by atoms with Gasteiger partial charge in [-0.2, -0.15) is 0 Å². The number of hydrogen-bond donors (Lipinski definition) is 2. The molecule has 0 unspecified atom stereocenters. The van der Waals surface area contributed by atoms with Crippen LogP contribution >= 0.6 is 66.4 Å². The lowest BCUT2D eigenvalue weighted by Gasteiger charge is -2.06. The molecule has 0 aliphatic rings. The van der Waals surface area contributed by atoms with Crippen LogP contribution in [0.2, 0.25) is 10.0 Å². The summed E-state index contributed by atoms with van der Waals surface area (Å²) in [5.74, 6) is -0.489. The number of hydrogen-bond acceptors (Lipinski definition) is 3. The molecule has 0 radical (unpaired) electrons. The quantitative estimate of drug-likeness (QED) is 0.596. The van der Waals surface area contributed by atoms with Gasteiger partial charge in [0.1, 0.15) is 0 Å². The van der Waals surface area contributed by atoms with Gasteiger partial charge in [0.15, 0.2) is 5.75 Å². The van der Waals surface area contributed by atoms with Gasteiger partial charge in [-0.1, -0.05) is 23.2 Å². The summed E-state index contributed by atoms with van der Waals surface area (Å²) in [4.78, 5) is 12.5. The van der Waals surface area contributed by atoms with Crippen molar-refractivity contribution < 1.29 is 9.90 Å². The zero-order valence-electron chi connectivity index (χ0n) is 9.01. The topological polar surface area (TPSA) is 49.3 Å². The number of aromatic hydroxyl groups is 1. The number of amides is 1. The third-order valence-electron chi connectivity index (χ3n) is 2.14. The highest BCUT2D eigenvalue weighted by Gasteiger charge is 2.14. The monoisotopic (exact) mass is 443 g/mol. The highest BCUT2D eigenvalue weighted by molar-refractivity contribution is 9.13. The van der Waals surface area contributed by atoms with Crippen LogP contribution in [0.3, 0.4) is 0 Å². The molecule has 0 atom stereocenters. The van der Waals surface area contributed by atoms with E-state index in [1.54, 1.807) is 6.07 Å². The van der Waals surface area contributed by atoms with Gasteiger partial charge in [-0.3, -0.25) is 4.79 Å². The average Bonchev–Trinajstić information content (AvgIpc) is 2.66. The molecule has 8 heteroatoms. The lowest BCUT2D eigenvalue weighted by Crippen LogP contribution is -2.10. The van der Waals surface area contributed by atoms with Gasteiger partial charge in [-0.05, 0) is 50.1 Å². The molecule has 100 valence electrons. The lowest BCUT2D eigenvalue weighted by molar-refractivity contribution is 0.103. The second-order valence-electron chi connectivity index (χ2n) is 3.47. The van der Waals surface area contributed by atoms with E-state index in [-0.39, 0.29) is 21.7 Å². The van der Waals surface area contributed by atoms with Crippen molar-refractivity contribution in [3.05, 3.63) is 41.4 Å². The number of anilines is 1. The third-order valence-corrected chi connectivity index (χ3v) is 5.97. The molecule has 1 aromatic carbocycles. The Labute approximate surface area is 139 Å². The summed E-state index contributed by atoms with van der Waals surface area (Å²) >= 11 is 19.5. The van der Waals surface area contributed by atoms with E-state index in [0.29, 0.717) is 10.6 Å². The molecule has 0 saturated carbocycles. The predicted octanol–water partition coefficient (Wildman–Crippen LogP) is 5.54. The van der Waals surface area contributed by atoms with E-state index in [0.717, 1.165) is 8.26 Å². The van der Waals surface area contributed by atoms with Crippen molar-refractivity contribution in [1.82, 2.24) is 0 Å². The first-order valence-electron chi connectivity index (χ1n) is 4.82. The molecule has 1 aromatic heterocycles. The van der Waals surface area contributed by atoms with Crippen molar-refractivity contribution in [2.75, 3.05) is 5.32 Å². The van der Waals surface area contributed by atoms with Crippen molar-refractivity contribution in [2.45, 2.75) is 0 Å². The van der Waals surface area contributed by atoms with Crippen LogP contribution in [0.5, 0.6) is 5.75 Å². The molecule has 0 aliphatic heterocycles. The van der Waals surface area contributed by atoms with E-state index in [2.05, 4.69) is 37.2 Å². The molecule has 0 bridgehead atoms. The highest BCUT2D eigenvalue weighted by atomic mass is 79.9. The van der Waals surface area contributed by atoms with E-state index in [1.807, 2.05) is 0 Å². The number of thiophene rings is 1. The molecule has 0 aliphatic carbocycles. The largest absolute Gasteiger partial charge is 0.505 e. The van der Waals surface area contributed by atoms with Crippen LogP contribution in [0.4, 0.5) is 5.69 Å². The van der Waals surface area contributed by atoms with Gasteiger partial charge in [0, 0.05) is 10.2 Å². The number of phenols is 1. The van der Waals surface area contributed by atoms with E-state index < -0.39 is 0 Å². The number of halogens is 4. The maximum absolute atomic E-state index is 12.0. The Balaban J connectivity index is 2.24. The molecule has 2 rings (SSSR count). The summed E-state index contributed by atoms with van der Waals surface area (Å²) in [6.45, 7) is 0. The fourth-order valence-electron chi connectivity index (χ4n) is 1.29. The Kier molecular flexibility index (Phi) is 4.79. The van der Waals surface area contributed by atoms with E-state index >= 15 is 0 Å². The maximum Gasteiger partial charge on any atom is 0.265 e. The molecule has 0 fully saturated rings. The van der Waals surface area contributed by atoms with E-state index in [1.165, 1.54) is 23.5 Å². The minimum Gasteiger partial charge on any atom is -0.505 e. The van der Waals surface area contributed by atoms with Crippen molar-refractivity contribution in [3.63, 3.8) is 0 Å². The fraction of sp³-hybridized carbons (Fsp3) is 0. The number of benzene rings is 1. The summed E-state index contributed by atoms with van der Waals surface area (Å²) in [5.41, 5.74) is 0.415. The van der Waals surface area contributed by atoms with Gasteiger partial charge in [0.05, 0.1) is 18.7 Å². The molecular formula is C11H5Br2Cl2NO2S. The smallest absolute Gasteiger partial charge is 0.265 e. The molecule has 19 heavy (non-hydrogen) atoms. The summed E-state index contributed by atoms with van der Waals surface area (Å²) in [6.07, 6.45) is 0. The molecular weight excluding hydrogens is 441 g/mol. The van der Waals surface area contributed by atoms with Crippen molar-refractivity contribution in [1.29, 1.82) is 0 Å². The molecule has 1 heterocycles. The number of nitrogens with one attached hydrogen (secondary N) is 1. The van der Waals surface area contributed by atoms with Crippen molar-refractivity contribution in [3.8, 4) is 5.75 Å². The van der Waals surface area contributed by atoms with Gasteiger partial charge < -0.3 is 10.4 Å². The first-order valence-corrected chi connectivity index (χ1v) is 7.98. The number of phenolic OH excluding ortho intramolecular Hbond substituents is 1. The van der Waals surface area contributed by atoms with Crippen LogP contribution in [0, 0.1) is 0 Å². The minimum absolute atomic E-state index is 0.0799. The van der Waals surface area contributed by atoms with Gasteiger partial charge in [-0.15, -0.1) is 11.3 Å². The van der Waals surface area contributed by atoms with Gasteiger partial charge in [-0.25, -0.2) is 0 Å². The first kappa shape index (κ1) is 15.1. The maximum atomic E-state index is 12.0. The zero-order valence-corrected chi connectivity index (χ0v) is 14.5. The second-order valence-corrected chi connectivity index (χ2v) is 7.51. The van der Waals surface area contributed by atoms with Crippen molar-refractivity contribution >= 4 is 78.0 Å². The fourth-order valence-corrected chi connectivity index (χ4v) is 3.71. The Hall–Kier alpha value is -0.270. The SMILES string of the molecule is O=C(Nc1cc(Cl)c(O)c(Cl)c1)c1cc(Br)c(Br)s1. The Morgan fingerprint density at radius 2 is 1.79 bits per heavy atom. The standard InChI is InChI=1S/C11H5Br2Cl2NO2S/c12-5-3-8(19-10(5)13)11(18)16-4-1-6(14)9(17)7(15)2-4/h1-3,17H,(H,16,18). The summed E-state index contributed by atoms with van der Waals surface area (Å²) in [6, 6.07) is 4.56. The van der Waals surface area contributed by atoms with Gasteiger partial charge >= 0.3 is 0 Å². The predicted molar refractivity (Wildman–Crippen MR) is 85.8 cm³/mol. The van der Waals surface area contributed by atoms with Crippen LogP contribution < -0.4 is 5.32 Å². The Morgan fingerprint density at radius 3 is 2.26 bits per heavy atom. The van der Waals surface area contributed by atoms with Gasteiger partial charge in [0.25, 0.3) is 5.91 Å². The average molecular weight is 446 g/mol. The molecule has 1 amide bonds. The van der Waals surface area contributed by atoms with E-state index in [4.69, 9.17) is 23.2 Å². The van der Waals surface area contributed by atoms with Crippen LogP contribution in [0.25, 0.3) is 0 Å². The van der Waals surface area contributed by atoms with Crippen LogP contribution in [-0.4, -0.2) is 11.0 Å². The first-order chi connectivity index (χ1) is 8.88. The molecule has 0 saturated heterocycles. The highest BCUT2D eigenvalue weighted by Crippen LogP contribution is 2.36. The zero-order chi connectivity index (χ0) is 14.2. The molecule has 0 spiro atoms. The van der Waals surface area contributed by atoms with Gasteiger partial charge in [0.2, 0.25) is 0 Å². The Morgan fingerprint density at radius 1 is 1.21 bits per heavy atom. The van der Waals surface area contributed by atoms with Crippen LogP contribution in [-0.2, 0) is 0 Å². The van der Waals surface area contributed by atoms with Crippen molar-refractivity contribution in [2.24, 2.45) is 0 Å². The summed E-state index contributed by atoms with van der Waals surface area (Å²) < 4.78 is 1.64. The number of carbonyl (C=O) groups is 1. The second kappa shape index (κ2) is 6.01. The molecule has 3 nitrogen and oxygen atoms in total. The summed E-state index contributed by atoms with van der Waals surface area (Å²) in [5, 5.41) is 12.3. The normalized spacial score (nSPS) is 10.5. The van der Waals surface area contributed by atoms with Crippen LogP contribution in [0.15, 0.2) is 26.5 Å². The summed E-state index contributed by atoms with van der Waals surface area (Å²) in [7, 11) is 0. The Bertz CT molecular complexity index is 618. The lowest BCUT2D eigenvalue weighted by atomic mass is 10.3. The third kappa shape index (κ3) is 3.44. The molecule has 2 N–H and O–H groups in total. The van der Waals surface area contributed by atoms with E-state index in [9.17, 15) is 9.90 Å². The number of rotatable bonds is 2. The molecule has 2 aromatic rings. The minimum atomic E-state index is -0.283.